The second-order valence-corrected chi connectivity index (χ2v) is 6.76. The average Bonchev–Trinajstić information content (AvgIpc) is 3.28. The predicted octanol–water partition coefficient (Wildman–Crippen LogP) is 3.26. The van der Waals surface area contributed by atoms with E-state index in [1.54, 1.807) is 11.0 Å². The fraction of sp³-hybridized carbons (Fsp3) is 0.389. The van der Waals surface area contributed by atoms with Gasteiger partial charge in [-0.25, -0.2) is 9.50 Å². The Hall–Kier alpha value is -2.88. The maximum absolute atomic E-state index is 13.6. The number of nitrogens with zero attached hydrogens (tertiary/aromatic N) is 4. The summed E-state index contributed by atoms with van der Waals surface area (Å²) in [7, 11) is 0. The van der Waals surface area contributed by atoms with Gasteiger partial charge in [-0.1, -0.05) is 0 Å². The first-order chi connectivity index (χ1) is 13.2. The van der Waals surface area contributed by atoms with Crippen molar-refractivity contribution in [2.75, 3.05) is 13.1 Å². The molecule has 0 aliphatic carbocycles. The van der Waals surface area contributed by atoms with Crippen LogP contribution in [-0.4, -0.2) is 50.7 Å². The smallest absolute Gasteiger partial charge is 0.433 e. The minimum Gasteiger partial charge on any atom is -0.463 e. The fourth-order valence-corrected chi connectivity index (χ4v) is 3.38. The van der Waals surface area contributed by atoms with E-state index in [-0.39, 0.29) is 34.9 Å². The number of amides is 1. The number of hydrogen-bond acceptors (Lipinski definition) is 5. The molecule has 10 heteroatoms. The zero-order valence-corrected chi connectivity index (χ0v) is 15.1. The molecule has 148 valence electrons. The summed E-state index contributed by atoms with van der Waals surface area (Å²) < 4.78 is 52.2. The average molecular weight is 394 g/mol. The Kier molecular flexibility index (Phi) is 4.37. The first kappa shape index (κ1) is 18.5. The molecular weight excluding hydrogens is 377 g/mol. The van der Waals surface area contributed by atoms with Crippen molar-refractivity contribution in [3.05, 3.63) is 41.9 Å². The number of morpholine rings is 1. The Morgan fingerprint density at radius 3 is 2.57 bits per heavy atom. The molecule has 1 amide bonds. The molecule has 0 saturated carbocycles. The van der Waals surface area contributed by atoms with Crippen LogP contribution in [0.2, 0.25) is 0 Å². The summed E-state index contributed by atoms with van der Waals surface area (Å²) in [5, 5.41) is 3.79. The van der Waals surface area contributed by atoms with Gasteiger partial charge >= 0.3 is 6.18 Å². The predicted molar refractivity (Wildman–Crippen MR) is 91.6 cm³/mol. The van der Waals surface area contributed by atoms with E-state index in [1.165, 1.54) is 12.3 Å². The normalized spacial score (nSPS) is 20.7. The molecule has 7 nitrogen and oxygen atoms in total. The molecule has 1 aliphatic rings. The van der Waals surface area contributed by atoms with Crippen LogP contribution in [0, 0.1) is 0 Å². The number of aromatic nitrogens is 3. The summed E-state index contributed by atoms with van der Waals surface area (Å²) in [6, 6.07) is 3.90. The third-order valence-corrected chi connectivity index (χ3v) is 4.47. The number of halogens is 3. The second-order valence-electron chi connectivity index (χ2n) is 6.76. The van der Waals surface area contributed by atoms with E-state index < -0.39 is 17.8 Å². The van der Waals surface area contributed by atoms with Gasteiger partial charge < -0.3 is 14.1 Å². The van der Waals surface area contributed by atoms with Gasteiger partial charge in [-0.05, 0) is 32.0 Å². The molecule has 4 rings (SSSR count). The standard InChI is InChI=1S/C18H17F3N4O3/c1-10-8-24(9-11(2)28-10)17(26)12-7-22-25-15(18(19,20)21)6-13(23-16(12)25)14-4-3-5-27-14/h3-7,10-11H,8-9H2,1-2H3/t10-,11-/m0/s1. The number of furan rings is 1. The van der Waals surface area contributed by atoms with Crippen molar-refractivity contribution in [1.82, 2.24) is 19.5 Å². The molecule has 0 radical (unpaired) electrons. The van der Waals surface area contributed by atoms with Gasteiger partial charge in [0.05, 0.1) is 24.7 Å². The van der Waals surface area contributed by atoms with Crippen LogP contribution in [-0.2, 0) is 10.9 Å². The monoisotopic (exact) mass is 394 g/mol. The van der Waals surface area contributed by atoms with Crippen molar-refractivity contribution in [3.8, 4) is 11.5 Å². The fourth-order valence-electron chi connectivity index (χ4n) is 3.38. The lowest BCUT2D eigenvalue weighted by molar-refractivity contribution is -0.142. The lowest BCUT2D eigenvalue weighted by atomic mass is 10.2. The van der Waals surface area contributed by atoms with Crippen LogP contribution in [0.1, 0.15) is 29.9 Å². The van der Waals surface area contributed by atoms with E-state index in [2.05, 4.69) is 10.1 Å². The number of rotatable bonds is 2. The van der Waals surface area contributed by atoms with Crippen molar-refractivity contribution in [1.29, 1.82) is 0 Å². The molecule has 1 saturated heterocycles. The van der Waals surface area contributed by atoms with Crippen LogP contribution in [0.5, 0.6) is 0 Å². The molecule has 4 heterocycles. The number of ether oxygens (including phenoxy) is 1. The minimum absolute atomic E-state index is 0.000191. The molecular formula is C18H17F3N4O3. The highest BCUT2D eigenvalue weighted by atomic mass is 19.4. The number of alkyl halides is 3. The van der Waals surface area contributed by atoms with Crippen molar-refractivity contribution in [3.63, 3.8) is 0 Å². The molecule has 0 N–H and O–H groups in total. The Morgan fingerprint density at radius 2 is 1.96 bits per heavy atom. The third-order valence-electron chi connectivity index (χ3n) is 4.47. The number of hydrogen-bond donors (Lipinski definition) is 0. The van der Waals surface area contributed by atoms with Crippen LogP contribution in [0.4, 0.5) is 13.2 Å². The summed E-state index contributed by atoms with van der Waals surface area (Å²) in [5.41, 5.74) is -1.23. The first-order valence-corrected chi connectivity index (χ1v) is 8.68. The Balaban J connectivity index is 1.84. The molecule has 0 spiro atoms. The lowest BCUT2D eigenvalue weighted by Crippen LogP contribution is -2.48. The van der Waals surface area contributed by atoms with Gasteiger partial charge in [-0.3, -0.25) is 4.79 Å². The van der Waals surface area contributed by atoms with Gasteiger partial charge in [0.15, 0.2) is 17.1 Å². The molecule has 0 unspecified atom stereocenters. The van der Waals surface area contributed by atoms with Gasteiger partial charge in [0, 0.05) is 13.1 Å². The van der Waals surface area contributed by atoms with Crippen molar-refractivity contribution >= 4 is 11.6 Å². The topological polar surface area (TPSA) is 72.9 Å². The molecule has 0 bridgehead atoms. The molecule has 1 aliphatic heterocycles. The Labute approximate surface area is 157 Å². The van der Waals surface area contributed by atoms with Crippen molar-refractivity contribution in [2.45, 2.75) is 32.2 Å². The highest BCUT2D eigenvalue weighted by Gasteiger charge is 2.37. The quantitative estimate of drug-likeness (QED) is 0.667. The zero-order chi connectivity index (χ0) is 20.1. The van der Waals surface area contributed by atoms with Crippen molar-refractivity contribution in [2.24, 2.45) is 0 Å². The Bertz CT molecular complexity index is 1000. The Morgan fingerprint density at radius 1 is 1.25 bits per heavy atom. The van der Waals surface area contributed by atoms with Gasteiger partial charge in [0.2, 0.25) is 0 Å². The summed E-state index contributed by atoms with van der Waals surface area (Å²) >= 11 is 0. The summed E-state index contributed by atoms with van der Waals surface area (Å²) in [4.78, 5) is 18.8. The minimum atomic E-state index is -4.68. The first-order valence-electron chi connectivity index (χ1n) is 8.68. The molecule has 3 aromatic rings. The van der Waals surface area contributed by atoms with Gasteiger partial charge in [0.1, 0.15) is 11.3 Å². The van der Waals surface area contributed by atoms with E-state index in [0.29, 0.717) is 17.6 Å². The van der Waals surface area contributed by atoms with E-state index in [1.807, 2.05) is 13.8 Å². The number of fused-ring (bicyclic) bond motifs is 1. The molecule has 3 aromatic heterocycles. The summed E-state index contributed by atoms with van der Waals surface area (Å²) in [6.07, 6.45) is -2.57. The second kappa shape index (κ2) is 6.62. The van der Waals surface area contributed by atoms with Gasteiger partial charge in [-0.15, -0.1) is 0 Å². The SMILES string of the molecule is C[C@H]1CN(C(=O)c2cnn3c(C(F)(F)F)cc(-c4ccco4)nc23)C[C@H](C)O1. The third kappa shape index (κ3) is 3.24. The van der Waals surface area contributed by atoms with E-state index in [4.69, 9.17) is 9.15 Å². The van der Waals surface area contributed by atoms with Crippen LogP contribution in [0.3, 0.4) is 0 Å². The maximum atomic E-state index is 13.6. The van der Waals surface area contributed by atoms with Crippen LogP contribution < -0.4 is 0 Å². The summed E-state index contributed by atoms with van der Waals surface area (Å²) in [6.45, 7) is 4.34. The van der Waals surface area contributed by atoms with Gasteiger partial charge in [-0.2, -0.15) is 18.3 Å². The largest absolute Gasteiger partial charge is 0.463 e. The number of carbonyl (C=O) groups is 1. The van der Waals surface area contributed by atoms with Crippen LogP contribution in [0.15, 0.2) is 35.1 Å². The van der Waals surface area contributed by atoms with E-state index in [9.17, 15) is 18.0 Å². The summed E-state index contributed by atoms with van der Waals surface area (Å²) in [5.74, 6) is -0.268. The lowest BCUT2D eigenvalue weighted by Gasteiger charge is -2.35. The molecule has 2 atom stereocenters. The molecule has 1 fully saturated rings. The van der Waals surface area contributed by atoms with E-state index >= 15 is 0 Å². The van der Waals surface area contributed by atoms with E-state index in [0.717, 1.165) is 12.3 Å². The highest BCUT2D eigenvalue weighted by molar-refractivity contribution is 6.00. The zero-order valence-electron chi connectivity index (χ0n) is 15.1. The van der Waals surface area contributed by atoms with Crippen molar-refractivity contribution < 1.29 is 27.1 Å². The van der Waals surface area contributed by atoms with Crippen LogP contribution in [0.25, 0.3) is 17.1 Å². The molecule has 28 heavy (non-hydrogen) atoms. The molecule has 0 aromatic carbocycles. The van der Waals surface area contributed by atoms with Gasteiger partial charge in [0.25, 0.3) is 5.91 Å². The van der Waals surface area contributed by atoms with Crippen LogP contribution >= 0.6 is 0 Å². The highest BCUT2D eigenvalue weighted by Crippen LogP contribution is 2.33. The maximum Gasteiger partial charge on any atom is 0.433 e. The number of carbonyl (C=O) groups excluding carboxylic acids is 1.